The predicted octanol–water partition coefficient (Wildman–Crippen LogP) is 1.76. The van der Waals surface area contributed by atoms with E-state index < -0.39 is 0 Å². The molecule has 0 bridgehead atoms. The summed E-state index contributed by atoms with van der Waals surface area (Å²) in [5.74, 6) is 0. The average molecular weight is 246 g/mol. The molecule has 0 unspecified atom stereocenters. The molecule has 4 heteroatoms. The summed E-state index contributed by atoms with van der Waals surface area (Å²) in [6.07, 6.45) is 2.02. The van der Waals surface area contributed by atoms with Gasteiger partial charge in [0.05, 0.1) is 6.04 Å². The summed E-state index contributed by atoms with van der Waals surface area (Å²) in [6, 6.07) is 10.9. The van der Waals surface area contributed by atoms with Crippen molar-refractivity contribution in [2.75, 3.05) is 13.2 Å². The number of fused-ring (bicyclic) bond motifs is 1. The minimum atomic E-state index is -0.147. The van der Waals surface area contributed by atoms with Crippen LogP contribution in [0.1, 0.15) is 18.4 Å². The summed E-state index contributed by atoms with van der Waals surface area (Å²) in [5, 5.41) is 3.56. The van der Waals surface area contributed by atoms with E-state index in [4.69, 9.17) is 4.74 Å². The Bertz CT molecular complexity index is 421. The number of carbonyl (C=O) groups is 1. The SMILES string of the molecule is O=C1OC[C@@H]2[C@@H](NCc3ccccc3)CCCN12. The lowest BCUT2D eigenvalue weighted by molar-refractivity contribution is 0.148. The van der Waals surface area contributed by atoms with Gasteiger partial charge in [-0.2, -0.15) is 0 Å². The second-order valence-corrected chi connectivity index (χ2v) is 4.95. The van der Waals surface area contributed by atoms with Gasteiger partial charge < -0.3 is 15.0 Å². The molecule has 2 fully saturated rings. The highest BCUT2D eigenvalue weighted by Crippen LogP contribution is 2.24. The fourth-order valence-corrected chi connectivity index (χ4v) is 2.81. The van der Waals surface area contributed by atoms with Crippen molar-refractivity contribution in [2.24, 2.45) is 0 Å². The van der Waals surface area contributed by atoms with Crippen LogP contribution in [0, 0.1) is 0 Å². The van der Waals surface area contributed by atoms with E-state index in [1.165, 1.54) is 5.56 Å². The number of carbonyl (C=O) groups excluding carboxylic acids is 1. The van der Waals surface area contributed by atoms with Gasteiger partial charge in [0.25, 0.3) is 0 Å². The standard InChI is InChI=1S/C14H18N2O2/c17-14-16-8-4-7-12(13(16)10-18-14)15-9-11-5-2-1-3-6-11/h1-3,5-6,12-13,15H,4,7-10H2/t12-,13+/m0/s1. The van der Waals surface area contributed by atoms with E-state index in [-0.39, 0.29) is 12.1 Å². The number of ether oxygens (including phenoxy) is 1. The average Bonchev–Trinajstić information content (AvgIpc) is 2.80. The van der Waals surface area contributed by atoms with Crippen molar-refractivity contribution >= 4 is 6.09 Å². The molecular weight excluding hydrogens is 228 g/mol. The van der Waals surface area contributed by atoms with Crippen LogP contribution in [0.4, 0.5) is 4.79 Å². The molecule has 1 amide bonds. The number of nitrogens with zero attached hydrogens (tertiary/aromatic N) is 1. The van der Waals surface area contributed by atoms with Crippen LogP contribution in [-0.2, 0) is 11.3 Å². The summed E-state index contributed by atoms with van der Waals surface area (Å²) in [6.45, 7) is 2.22. The maximum Gasteiger partial charge on any atom is 0.410 e. The van der Waals surface area contributed by atoms with Crippen molar-refractivity contribution in [1.29, 1.82) is 0 Å². The van der Waals surface area contributed by atoms with Gasteiger partial charge in [0, 0.05) is 19.1 Å². The van der Waals surface area contributed by atoms with Gasteiger partial charge in [-0.15, -0.1) is 0 Å². The zero-order chi connectivity index (χ0) is 12.4. The Morgan fingerprint density at radius 3 is 3.00 bits per heavy atom. The molecule has 1 N–H and O–H groups in total. The quantitative estimate of drug-likeness (QED) is 0.883. The summed E-state index contributed by atoms with van der Waals surface area (Å²) >= 11 is 0. The van der Waals surface area contributed by atoms with E-state index in [0.29, 0.717) is 12.6 Å². The minimum absolute atomic E-state index is 0.147. The highest BCUT2D eigenvalue weighted by molar-refractivity contribution is 5.70. The number of hydrogen-bond acceptors (Lipinski definition) is 3. The fraction of sp³-hybridized carbons (Fsp3) is 0.500. The van der Waals surface area contributed by atoms with E-state index >= 15 is 0 Å². The Hall–Kier alpha value is -1.55. The number of rotatable bonds is 3. The molecule has 3 rings (SSSR count). The van der Waals surface area contributed by atoms with Crippen LogP contribution >= 0.6 is 0 Å². The summed E-state index contributed by atoms with van der Waals surface area (Å²) in [4.78, 5) is 13.4. The third-order valence-electron chi connectivity index (χ3n) is 3.80. The molecule has 1 aromatic carbocycles. The van der Waals surface area contributed by atoms with E-state index in [1.54, 1.807) is 0 Å². The third-order valence-corrected chi connectivity index (χ3v) is 3.80. The molecule has 2 saturated heterocycles. The van der Waals surface area contributed by atoms with Gasteiger partial charge in [0.1, 0.15) is 6.61 Å². The smallest absolute Gasteiger partial charge is 0.410 e. The van der Waals surface area contributed by atoms with Gasteiger partial charge in [-0.1, -0.05) is 30.3 Å². The second kappa shape index (κ2) is 4.98. The molecule has 0 radical (unpaired) electrons. The van der Waals surface area contributed by atoms with Crippen LogP contribution < -0.4 is 5.32 Å². The summed E-state index contributed by atoms with van der Waals surface area (Å²) in [7, 11) is 0. The first-order valence-corrected chi connectivity index (χ1v) is 6.55. The fourth-order valence-electron chi connectivity index (χ4n) is 2.81. The molecule has 2 heterocycles. The largest absolute Gasteiger partial charge is 0.447 e. The third kappa shape index (κ3) is 2.20. The first-order valence-electron chi connectivity index (χ1n) is 6.55. The first kappa shape index (κ1) is 11.5. The van der Waals surface area contributed by atoms with Gasteiger partial charge in [-0.3, -0.25) is 0 Å². The van der Waals surface area contributed by atoms with E-state index in [0.717, 1.165) is 25.9 Å². The van der Waals surface area contributed by atoms with Crippen molar-refractivity contribution in [3.8, 4) is 0 Å². The molecular formula is C14H18N2O2. The number of nitrogens with one attached hydrogen (secondary N) is 1. The van der Waals surface area contributed by atoms with Crippen LogP contribution in [0.2, 0.25) is 0 Å². The van der Waals surface area contributed by atoms with Crippen molar-refractivity contribution in [2.45, 2.75) is 31.5 Å². The van der Waals surface area contributed by atoms with Gasteiger partial charge >= 0.3 is 6.09 Å². The molecule has 4 nitrogen and oxygen atoms in total. The molecule has 0 saturated carbocycles. The Balaban J connectivity index is 1.61. The van der Waals surface area contributed by atoms with Crippen molar-refractivity contribution in [3.63, 3.8) is 0 Å². The minimum Gasteiger partial charge on any atom is -0.447 e. The molecule has 0 spiro atoms. The first-order chi connectivity index (χ1) is 8.84. The van der Waals surface area contributed by atoms with Gasteiger partial charge in [-0.25, -0.2) is 4.79 Å². The molecule has 1 aromatic rings. The molecule has 2 atom stereocenters. The monoisotopic (exact) mass is 246 g/mol. The molecule has 2 aliphatic rings. The second-order valence-electron chi connectivity index (χ2n) is 4.95. The molecule has 18 heavy (non-hydrogen) atoms. The molecule has 96 valence electrons. The van der Waals surface area contributed by atoms with Gasteiger partial charge in [-0.05, 0) is 18.4 Å². The number of amides is 1. The van der Waals surface area contributed by atoms with Crippen LogP contribution in [-0.4, -0.2) is 36.2 Å². The van der Waals surface area contributed by atoms with Crippen LogP contribution in [0.3, 0.4) is 0 Å². The normalized spacial score (nSPS) is 26.9. The Kier molecular flexibility index (Phi) is 3.19. The number of hydrogen-bond donors (Lipinski definition) is 1. The maximum atomic E-state index is 11.5. The van der Waals surface area contributed by atoms with Crippen molar-refractivity contribution in [1.82, 2.24) is 10.2 Å². The van der Waals surface area contributed by atoms with Crippen LogP contribution in [0.15, 0.2) is 30.3 Å². The van der Waals surface area contributed by atoms with Crippen LogP contribution in [0.5, 0.6) is 0 Å². The number of piperidine rings is 1. The number of benzene rings is 1. The van der Waals surface area contributed by atoms with E-state index in [2.05, 4.69) is 17.4 Å². The highest BCUT2D eigenvalue weighted by Gasteiger charge is 2.40. The topological polar surface area (TPSA) is 41.6 Å². The Labute approximate surface area is 107 Å². The van der Waals surface area contributed by atoms with Gasteiger partial charge in [0.15, 0.2) is 0 Å². The van der Waals surface area contributed by atoms with Crippen LogP contribution in [0.25, 0.3) is 0 Å². The zero-order valence-electron chi connectivity index (χ0n) is 10.3. The lowest BCUT2D eigenvalue weighted by Gasteiger charge is -2.34. The lowest BCUT2D eigenvalue weighted by Crippen LogP contribution is -2.52. The summed E-state index contributed by atoms with van der Waals surface area (Å²) < 4.78 is 5.13. The molecule has 0 aliphatic carbocycles. The molecule has 2 aliphatic heterocycles. The zero-order valence-corrected chi connectivity index (χ0v) is 10.3. The Morgan fingerprint density at radius 2 is 2.17 bits per heavy atom. The van der Waals surface area contributed by atoms with E-state index in [9.17, 15) is 4.79 Å². The Morgan fingerprint density at radius 1 is 1.33 bits per heavy atom. The van der Waals surface area contributed by atoms with E-state index in [1.807, 2.05) is 23.1 Å². The molecule has 0 aromatic heterocycles. The predicted molar refractivity (Wildman–Crippen MR) is 68.1 cm³/mol. The maximum absolute atomic E-state index is 11.5. The summed E-state index contributed by atoms with van der Waals surface area (Å²) in [5.41, 5.74) is 1.28. The van der Waals surface area contributed by atoms with Crippen molar-refractivity contribution < 1.29 is 9.53 Å². The number of cyclic esters (lactones) is 1. The van der Waals surface area contributed by atoms with Crippen molar-refractivity contribution in [3.05, 3.63) is 35.9 Å². The lowest BCUT2D eigenvalue weighted by atomic mass is 9.97. The van der Waals surface area contributed by atoms with Gasteiger partial charge in [0.2, 0.25) is 0 Å². The highest BCUT2D eigenvalue weighted by atomic mass is 16.6.